The number of hydrogen-bond donors (Lipinski definition) is 3. The Labute approximate surface area is 189 Å². The molecule has 4 rings (SSSR count). The standard InChI is InChI=1S/C23H22ClN5O3/c1-2-10-26-23(32)29-19(14-5-3-6-14)13-18(28-29)16-9-8-15(12-20(16)30)27-22(31)17-7-4-11-25-21(17)24/h2,4,7-9,11-14,30H,1,3,5-6,10H2,(H,26,32)(H,27,31). The number of aromatic nitrogens is 3. The number of phenolic OH excluding ortho intramolecular Hbond substituents is 1. The quantitative estimate of drug-likeness (QED) is 0.375. The highest BCUT2D eigenvalue weighted by molar-refractivity contribution is 6.33. The molecule has 0 saturated heterocycles. The minimum atomic E-state index is -0.439. The van der Waals surface area contributed by atoms with Gasteiger partial charge in [0, 0.05) is 36.0 Å². The van der Waals surface area contributed by atoms with E-state index in [2.05, 4.69) is 27.3 Å². The first-order chi connectivity index (χ1) is 15.5. The molecule has 3 aromatic rings. The summed E-state index contributed by atoms with van der Waals surface area (Å²) < 4.78 is 1.36. The number of anilines is 1. The lowest BCUT2D eigenvalue weighted by Crippen LogP contribution is -2.32. The second kappa shape index (κ2) is 9.23. The van der Waals surface area contributed by atoms with E-state index in [1.54, 1.807) is 30.3 Å². The minimum absolute atomic E-state index is 0.0728. The molecule has 1 aliphatic carbocycles. The number of hydrogen-bond acceptors (Lipinski definition) is 5. The van der Waals surface area contributed by atoms with E-state index in [0.29, 0.717) is 23.5 Å². The summed E-state index contributed by atoms with van der Waals surface area (Å²) in [6.07, 6.45) is 6.19. The van der Waals surface area contributed by atoms with E-state index < -0.39 is 5.91 Å². The summed E-state index contributed by atoms with van der Waals surface area (Å²) >= 11 is 5.97. The number of halogens is 1. The average molecular weight is 452 g/mol. The van der Waals surface area contributed by atoms with Crippen LogP contribution in [0.15, 0.2) is 55.3 Å². The molecule has 1 saturated carbocycles. The van der Waals surface area contributed by atoms with Gasteiger partial charge in [-0.3, -0.25) is 4.79 Å². The van der Waals surface area contributed by atoms with E-state index in [4.69, 9.17) is 11.6 Å². The van der Waals surface area contributed by atoms with Crippen molar-refractivity contribution in [3.63, 3.8) is 0 Å². The topological polar surface area (TPSA) is 109 Å². The Morgan fingerprint density at radius 1 is 1.28 bits per heavy atom. The van der Waals surface area contributed by atoms with Crippen molar-refractivity contribution in [3.05, 3.63) is 71.7 Å². The van der Waals surface area contributed by atoms with Crippen LogP contribution in [0.3, 0.4) is 0 Å². The number of carbonyl (C=O) groups excluding carboxylic acids is 2. The van der Waals surface area contributed by atoms with Crippen LogP contribution in [0, 0.1) is 0 Å². The van der Waals surface area contributed by atoms with Gasteiger partial charge in [-0.05, 0) is 43.2 Å². The molecule has 0 unspecified atom stereocenters. The zero-order chi connectivity index (χ0) is 22.7. The predicted octanol–water partition coefficient (Wildman–Crippen LogP) is 4.57. The highest BCUT2D eigenvalue weighted by Crippen LogP contribution is 2.39. The van der Waals surface area contributed by atoms with Crippen LogP contribution in [-0.4, -0.2) is 38.4 Å². The van der Waals surface area contributed by atoms with Crippen LogP contribution in [0.4, 0.5) is 10.5 Å². The lowest BCUT2D eigenvalue weighted by Gasteiger charge is -2.25. The van der Waals surface area contributed by atoms with Crippen molar-refractivity contribution in [2.45, 2.75) is 25.2 Å². The molecule has 1 aliphatic rings. The fourth-order valence-electron chi connectivity index (χ4n) is 3.50. The number of nitrogens with one attached hydrogen (secondary N) is 2. The van der Waals surface area contributed by atoms with Crippen LogP contribution in [-0.2, 0) is 0 Å². The largest absolute Gasteiger partial charge is 0.507 e. The molecule has 8 nitrogen and oxygen atoms in total. The van der Waals surface area contributed by atoms with Gasteiger partial charge in [0.25, 0.3) is 5.91 Å². The van der Waals surface area contributed by atoms with Gasteiger partial charge in [-0.1, -0.05) is 24.1 Å². The van der Waals surface area contributed by atoms with Crippen molar-refractivity contribution < 1.29 is 14.7 Å². The highest BCUT2D eigenvalue weighted by atomic mass is 35.5. The van der Waals surface area contributed by atoms with Crippen LogP contribution in [0.25, 0.3) is 11.3 Å². The van der Waals surface area contributed by atoms with E-state index in [1.807, 2.05) is 6.07 Å². The zero-order valence-electron chi connectivity index (χ0n) is 17.2. The van der Waals surface area contributed by atoms with Gasteiger partial charge in [-0.25, -0.2) is 9.78 Å². The Morgan fingerprint density at radius 3 is 2.75 bits per heavy atom. The Morgan fingerprint density at radius 2 is 2.09 bits per heavy atom. The summed E-state index contributed by atoms with van der Waals surface area (Å²) in [7, 11) is 0. The highest BCUT2D eigenvalue weighted by Gasteiger charge is 2.27. The molecule has 0 spiro atoms. The summed E-state index contributed by atoms with van der Waals surface area (Å²) in [6, 6.07) is 9.39. The fraction of sp³-hybridized carbons (Fsp3) is 0.217. The number of pyridine rings is 1. The van der Waals surface area contributed by atoms with Gasteiger partial charge in [0.15, 0.2) is 0 Å². The van der Waals surface area contributed by atoms with Gasteiger partial charge in [0.05, 0.1) is 17.0 Å². The van der Waals surface area contributed by atoms with Crippen molar-refractivity contribution in [2.75, 3.05) is 11.9 Å². The van der Waals surface area contributed by atoms with Gasteiger partial charge in [0.2, 0.25) is 0 Å². The van der Waals surface area contributed by atoms with Gasteiger partial charge < -0.3 is 15.7 Å². The van der Waals surface area contributed by atoms with E-state index in [1.165, 1.54) is 16.9 Å². The maximum absolute atomic E-state index is 12.6. The fourth-order valence-corrected chi connectivity index (χ4v) is 3.70. The summed E-state index contributed by atoms with van der Waals surface area (Å²) in [6.45, 7) is 3.94. The van der Waals surface area contributed by atoms with E-state index in [0.717, 1.165) is 25.0 Å². The maximum atomic E-state index is 12.6. The molecule has 2 heterocycles. The monoisotopic (exact) mass is 451 g/mol. The third-order valence-corrected chi connectivity index (χ3v) is 5.69. The van der Waals surface area contributed by atoms with Crippen molar-refractivity contribution in [1.29, 1.82) is 0 Å². The minimum Gasteiger partial charge on any atom is -0.507 e. The van der Waals surface area contributed by atoms with E-state index in [9.17, 15) is 14.7 Å². The molecule has 3 N–H and O–H groups in total. The third kappa shape index (κ3) is 4.36. The predicted molar refractivity (Wildman–Crippen MR) is 122 cm³/mol. The molecule has 1 fully saturated rings. The number of amides is 2. The number of benzene rings is 1. The first kappa shape index (κ1) is 21.6. The van der Waals surface area contributed by atoms with Crippen molar-refractivity contribution >= 4 is 29.2 Å². The van der Waals surface area contributed by atoms with Crippen LogP contribution < -0.4 is 10.6 Å². The van der Waals surface area contributed by atoms with Gasteiger partial charge in [-0.2, -0.15) is 9.78 Å². The molecule has 0 radical (unpaired) electrons. The zero-order valence-corrected chi connectivity index (χ0v) is 18.0. The number of rotatable bonds is 6. The van der Waals surface area contributed by atoms with Crippen molar-refractivity contribution in [3.8, 4) is 17.0 Å². The van der Waals surface area contributed by atoms with Crippen LogP contribution in [0.5, 0.6) is 5.75 Å². The number of phenols is 1. The van der Waals surface area contributed by atoms with Crippen molar-refractivity contribution in [2.24, 2.45) is 0 Å². The molecular weight excluding hydrogens is 430 g/mol. The first-order valence-corrected chi connectivity index (χ1v) is 10.6. The SMILES string of the molecule is C=CCNC(=O)n1nc(-c2ccc(NC(=O)c3cccnc3Cl)cc2O)cc1C1CCC1. The molecule has 0 atom stereocenters. The molecule has 2 aromatic heterocycles. The van der Waals surface area contributed by atoms with Gasteiger partial charge in [0.1, 0.15) is 10.9 Å². The molecule has 164 valence electrons. The van der Waals surface area contributed by atoms with Crippen LogP contribution >= 0.6 is 11.6 Å². The second-order valence-corrected chi connectivity index (χ2v) is 7.85. The first-order valence-electron chi connectivity index (χ1n) is 10.2. The molecular formula is C23H22ClN5O3. The van der Waals surface area contributed by atoms with Gasteiger partial charge >= 0.3 is 6.03 Å². The number of carbonyl (C=O) groups is 2. The molecule has 0 bridgehead atoms. The number of aromatic hydroxyl groups is 1. The summed E-state index contributed by atoms with van der Waals surface area (Å²) in [4.78, 5) is 28.9. The van der Waals surface area contributed by atoms with Crippen LogP contribution in [0.2, 0.25) is 5.15 Å². The summed E-state index contributed by atoms with van der Waals surface area (Å²) in [5.41, 5.74) is 2.37. The average Bonchev–Trinajstić information content (AvgIpc) is 3.15. The Hall–Kier alpha value is -3.65. The Kier molecular flexibility index (Phi) is 6.23. The van der Waals surface area contributed by atoms with Crippen molar-refractivity contribution in [1.82, 2.24) is 20.1 Å². The maximum Gasteiger partial charge on any atom is 0.342 e. The van der Waals surface area contributed by atoms with Crippen LogP contribution in [0.1, 0.15) is 41.2 Å². The lowest BCUT2D eigenvalue weighted by atomic mass is 9.82. The smallest absolute Gasteiger partial charge is 0.342 e. The van der Waals surface area contributed by atoms with E-state index in [-0.39, 0.29) is 28.4 Å². The third-order valence-electron chi connectivity index (χ3n) is 5.39. The Bertz CT molecular complexity index is 1190. The molecule has 9 heteroatoms. The molecule has 2 amide bonds. The summed E-state index contributed by atoms with van der Waals surface area (Å²) in [5.74, 6) is -0.252. The molecule has 1 aromatic carbocycles. The number of nitrogens with zero attached hydrogens (tertiary/aromatic N) is 3. The molecule has 0 aliphatic heterocycles. The Balaban J connectivity index is 1.59. The second-order valence-electron chi connectivity index (χ2n) is 7.50. The normalized spacial score (nSPS) is 13.3. The molecule has 32 heavy (non-hydrogen) atoms. The van der Waals surface area contributed by atoms with E-state index >= 15 is 0 Å². The summed E-state index contributed by atoms with van der Waals surface area (Å²) in [5, 5.41) is 20.6. The lowest BCUT2D eigenvalue weighted by molar-refractivity contribution is 0.102. The van der Waals surface area contributed by atoms with Gasteiger partial charge in [-0.15, -0.1) is 6.58 Å².